The predicted molar refractivity (Wildman–Crippen MR) is 78.0 cm³/mol. The molecule has 0 saturated heterocycles. The summed E-state index contributed by atoms with van der Waals surface area (Å²) in [6, 6.07) is 5.79. The van der Waals surface area contributed by atoms with E-state index < -0.39 is 0 Å². The second-order valence-electron chi connectivity index (χ2n) is 3.65. The van der Waals surface area contributed by atoms with Crippen molar-refractivity contribution in [3.8, 4) is 22.0 Å². The van der Waals surface area contributed by atoms with Crippen LogP contribution in [-0.4, -0.2) is 15.1 Å². The number of aryl methyl sites for hydroxylation is 1. The van der Waals surface area contributed by atoms with Crippen LogP contribution in [0.3, 0.4) is 0 Å². The summed E-state index contributed by atoms with van der Waals surface area (Å²) in [5, 5.41) is 11.2. The SMILES string of the molecule is CC.Cc1csc(-c2cc(-c3cccnc3)[n-]n2)n1.[U]. The first-order valence-electron chi connectivity index (χ1n) is 6.16. The van der Waals surface area contributed by atoms with E-state index in [-0.39, 0.29) is 31.1 Å². The van der Waals surface area contributed by atoms with Gasteiger partial charge in [0.05, 0.1) is 5.69 Å². The molecule has 102 valence electrons. The Morgan fingerprint density at radius 1 is 1.25 bits per heavy atom. The number of rotatable bonds is 2. The Balaban J connectivity index is 0.000000639. The van der Waals surface area contributed by atoms with Crippen molar-refractivity contribution in [2.75, 3.05) is 0 Å². The number of hydrogen-bond acceptors (Lipinski definition) is 4. The van der Waals surface area contributed by atoms with Gasteiger partial charge in [-0.1, -0.05) is 19.9 Å². The van der Waals surface area contributed by atoms with E-state index in [1.54, 1.807) is 23.7 Å². The molecule has 0 aromatic carbocycles. The fraction of sp³-hybridized carbons (Fsp3) is 0.214. The van der Waals surface area contributed by atoms with Crippen LogP contribution in [0.1, 0.15) is 19.5 Å². The molecule has 20 heavy (non-hydrogen) atoms. The van der Waals surface area contributed by atoms with Crippen LogP contribution in [0.4, 0.5) is 0 Å². The van der Waals surface area contributed by atoms with Crippen molar-refractivity contribution in [1.29, 1.82) is 0 Å². The van der Waals surface area contributed by atoms with Gasteiger partial charge < -0.3 is 10.2 Å². The monoisotopic (exact) mass is 509 g/mol. The Hall–Kier alpha value is -0.958. The van der Waals surface area contributed by atoms with E-state index in [1.165, 1.54) is 0 Å². The Labute approximate surface area is 146 Å². The average molecular weight is 509 g/mol. The Bertz CT molecular complexity index is 633. The molecular formula is C14H15N4SU-. The van der Waals surface area contributed by atoms with Crippen molar-refractivity contribution < 1.29 is 31.1 Å². The maximum atomic E-state index is 4.39. The molecule has 6 heteroatoms. The molecule has 0 unspecified atom stereocenters. The second kappa shape index (κ2) is 8.36. The minimum absolute atomic E-state index is 0. The van der Waals surface area contributed by atoms with Crippen LogP contribution >= 0.6 is 11.3 Å². The van der Waals surface area contributed by atoms with Gasteiger partial charge in [-0.05, 0) is 24.6 Å². The minimum Gasteiger partial charge on any atom is -0.574 e. The van der Waals surface area contributed by atoms with Crippen molar-refractivity contribution in [3.05, 3.63) is 41.7 Å². The Morgan fingerprint density at radius 3 is 2.65 bits per heavy atom. The molecule has 0 radical (unpaired) electrons. The largest absolute Gasteiger partial charge is 0.574 e. The van der Waals surface area contributed by atoms with Crippen LogP contribution in [0.25, 0.3) is 22.0 Å². The summed E-state index contributed by atoms with van der Waals surface area (Å²) in [5.74, 6) is 0. The zero-order chi connectivity index (χ0) is 13.7. The van der Waals surface area contributed by atoms with Crippen LogP contribution in [-0.2, 0) is 0 Å². The maximum Gasteiger partial charge on any atom is 0.140 e. The van der Waals surface area contributed by atoms with Crippen LogP contribution in [0.5, 0.6) is 0 Å². The first-order valence-corrected chi connectivity index (χ1v) is 7.04. The third-order valence-corrected chi connectivity index (χ3v) is 3.32. The summed E-state index contributed by atoms with van der Waals surface area (Å²) in [6.07, 6.45) is 3.52. The fourth-order valence-electron chi connectivity index (χ4n) is 1.53. The van der Waals surface area contributed by atoms with Crippen molar-refractivity contribution in [1.82, 2.24) is 20.2 Å². The second-order valence-corrected chi connectivity index (χ2v) is 4.51. The van der Waals surface area contributed by atoms with Crippen LogP contribution in [0, 0.1) is 38.0 Å². The van der Waals surface area contributed by atoms with Crippen molar-refractivity contribution in [2.45, 2.75) is 20.8 Å². The molecule has 0 aliphatic rings. The Morgan fingerprint density at radius 2 is 2.05 bits per heavy atom. The molecule has 0 atom stereocenters. The fourth-order valence-corrected chi connectivity index (χ4v) is 2.28. The van der Waals surface area contributed by atoms with Gasteiger partial charge in [-0.2, -0.15) is 0 Å². The number of thiazole rings is 1. The van der Waals surface area contributed by atoms with Crippen molar-refractivity contribution in [2.24, 2.45) is 0 Å². The van der Waals surface area contributed by atoms with Gasteiger partial charge in [0.15, 0.2) is 0 Å². The van der Waals surface area contributed by atoms with Gasteiger partial charge in [0.1, 0.15) is 5.01 Å². The number of nitrogens with zero attached hydrogens (tertiary/aromatic N) is 4. The van der Waals surface area contributed by atoms with Crippen LogP contribution in [0.15, 0.2) is 36.0 Å². The van der Waals surface area contributed by atoms with E-state index in [0.717, 1.165) is 27.7 Å². The van der Waals surface area contributed by atoms with Crippen LogP contribution in [0.2, 0.25) is 0 Å². The van der Waals surface area contributed by atoms with Gasteiger partial charge in [0.2, 0.25) is 0 Å². The molecule has 0 aliphatic heterocycles. The van der Waals surface area contributed by atoms with E-state index in [2.05, 4.69) is 20.2 Å². The molecule has 0 fully saturated rings. The molecule has 0 saturated carbocycles. The topological polar surface area (TPSA) is 52.8 Å². The van der Waals surface area contributed by atoms with Crippen molar-refractivity contribution in [3.63, 3.8) is 0 Å². The van der Waals surface area contributed by atoms with Gasteiger partial charge >= 0.3 is 0 Å². The van der Waals surface area contributed by atoms with Crippen molar-refractivity contribution >= 4 is 11.3 Å². The van der Waals surface area contributed by atoms with Crippen LogP contribution < -0.4 is 5.10 Å². The first-order chi connectivity index (χ1) is 9.33. The first kappa shape index (κ1) is 17.1. The third-order valence-electron chi connectivity index (χ3n) is 2.33. The van der Waals surface area contributed by atoms with E-state index >= 15 is 0 Å². The molecule has 0 bridgehead atoms. The molecule has 3 aromatic heterocycles. The molecule has 3 aromatic rings. The van der Waals surface area contributed by atoms with Gasteiger partial charge in [0, 0.05) is 54.6 Å². The molecular weight excluding hydrogens is 494 g/mol. The summed E-state index contributed by atoms with van der Waals surface area (Å²) < 4.78 is 0. The number of pyridine rings is 1. The summed E-state index contributed by atoms with van der Waals surface area (Å²) in [6.45, 7) is 5.97. The summed E-state index contributed by atoms with van der Waals surface area (Å²) in [7, 11) is 0. The number of aromatic nitrogens is 4. The summed E-state index contributed by atoms with van der Waals surface area (Å²) in [4.78, 5) is 8.45. The molecule has 0 amide bonds. The smallest absolute Gasteiger partial charge is 0.140 e. The Kier molecular flexibility index (Phi) is 7.14. The molecule has 3 rings (SSSR count). The quantitative estimate of drug-likeness (QED) is 0.531. The molecule has 3 heterocycles. The van der Waals surface area contributed by atoms with Gasteiger partial charge in [-0.3, -0.25) is 4.98 Å². The van der Waals surface area contributed by atoms with Gasteiger partial charge in [-0.25, -0.2) is 4.98 Å². The molecule has 4 nitrogen and oxygen atoms in total. The zero-order valence-corrected chi connectivity index (χ0v) is 16.6. The number of hydrogen-bond donors (Lipinski definition) is 0. The standard InChI is InChI=1S/C12H9N4S.C2H6.U/c1-8-7-17-12(14-8)11-5-10(15-16-11)9-3-2-4-13-6-9;1-2;/h2-7H,1H3;1-2H3;/q-1;;. The van der Waals surface area contributed by atoms with E-state index in [0.29, 0.717) is 0 Å². The third kappa shape index (κ3) is 4.02. The predicted octanol–water partition coefficient (Wildman–Crippen LogP) is 3.56. The molecule has 0 aliphatic carbocycles. The van der Waals surface area contributed by atoms with Gasteiger partial charge in [-0.15, -0.1) is 17.0 Å². The van der Waals surface area contributed by atoms with E-state index in [4.69, 9.17) is 0 Å². The molecule has 0 spiro atoms. The summed E-state index contributed by atoms with van der Waals surface area (Å²) >= 11 is 1.58. The normalized spacial score (nSPS) is 9.35. The maximum absolute atomic E-state index is 4.39. The zero-order valence-electron chi connectivity index (χ0n) is 11.7. The minimum atomic E-state index is 0. The summed E-state index contributed by atoms with van der Waals surface area (Å²) in [5.41, 5.74) is 3.64. The van der Waals surface area contributed by atoms with Gasteiger partial charge in [0.25, 0.3) is 0 Å². The van der Waals surface area contributed by atoms with E-state index in [9.17, 15) is 0 Å². The van der Waals surface area contributed by atoms with E-state index in [1.807, 2.05) is 44.4 Å². The molecule has 0 N–H and O–H groups in total. The average Bonchev–Trinajstić information content (AvgIpc) is 3.10.